The lowest BCUT2D eigenvalue weighted by Gasteiger charge is -2.19. The lowest BCUT2D eigenvalue weighted by Crippen LogP contribution is -2.36. The second-order valence-corrected chi connectivity index (χ2v) is 8.13. The molecule has 0 saturated carbocycles. The van der Waals surface area contributed by atoms with Crippen LogP contribution in [0.2, 0.25) is 5.02 Å². The Hall–Kier alpha value is -3.37. The van der Waals surface area contributed by atoms with Gasteiger partial charge < -0.3 is 24.6 Å². The number of thioether (sulfide) groups is 1. The summed E-state index contributed by atoms with van der Waals surface area (Å²) in [6.45, 7) is 0.413. The Labute approximate surface area is 191 Å². The number of halogens is 1. The Morgan fingerprint density at radius 3 is 2.75 bits per heavy atom. The highest BCUT2D eigenvalue weighted by molar-refractivity contribution is 8.18. The number of phenols is 1. The van der Waals surface area contributed by atoms with Crippen molar-refractivity contribution in [1.82, 2.24) is 4.90 Å². The normalized spacial score (nSPS) is 16.4. The van der Waals surface area contributed by atoms with E-state index in [0.29, 0.717) is 47.7 Å². The van der Waals surface area contributed by atoms with Crippen molar-refractivity contribution in [2.45, 2.75) is 0 Å². The van der Waals surface area contributed by atoms with Gasteiger partial charge >= 0.3 is 0 Å². The number of hydrogen-bond donors (Lipinski definition) is 2. The topological polar surface area (TPSA) is 114 Å². The van der Waals surface area contributed by atoms with Crippen molar-refractivity contribution in [2.24, 2.45) is 0 Å². The van der Waals surface area contributed by atoms with E-state index in [1.165, 1.54) is 25.3 Å². The van der Waals surface area contributed by atoms with Crippen molar-refractivity contribution in [1.29, 1.82) is 0 Å². The number of amides is 3. The lowest BCUT2D eigenvalue weighted by atomic mass is 10.2. The molecule has 0 aromatic heterocycles. The third-order valence-electron chi connectivity index (χ3n) is 4.57. The molecule has 0 aliphatic carbocycles. The zero-order chi connectivity index (χ0) is 22.8. The summed E-state index contributed by atoms with van der Waals surface area (Å²) in [7, 11) is 1.36. The molecule has 2 aromatic carbocycles. The molecular formula is C21H17ClN2O7S. The minimum Gasteiger partial charge on any atom is -0.503 e. The number of benzene rings is 2. The summed E-state index contributed by atoms with van der Waals surface area (Å²) in [5, 5.41) is 11.9. The van der Waals surface area contributed by atoms with Gasteiger partial charge in [-0.3, -0.25) is 19.3 Å². The number of nitrogens with zero attached hydrogens (tertiary/aromatic N) is 1. The standard InChI is InChI=1S/C21H17ClN2O7S/c1-29-16-7-11(6-13(22)19(16)26)8-17-20(27)24(21(28)32-17)10-18(25)23-12-2-3-14-15(9-12)31-5-4-30-14/h2-3,6-9,26H,4-5,10H2,1H3,(H,23,25)/b17-8-. The van der Waals surface area contributed by atoms with Crippen LogP contribution in [-0.2, 0) is 9.59 Å². The van der Waals surface area contributed by atoms with Crippen molar-refractivity contribution in [3.8, 4) is 23.0 Å². The van der Waals surface area contributed by atoms with Gasteiger partial charge in [-0.2, -0.15) is 0 Å². The third-order valence-corrected chi connectivity index (χ3v) is 5.77. The van der Waals surface area contributed by atoms with E-state index in [9.17, 15) is 19.5 Å². The number of phenolic OH excluding ortho intramolecular Hbond substituents is 1. The van der Waals surface area contributed by atoms with Crippen molar-refractivity contribution in [2.75, 3.05) is 32.2 Å². The molecule has 1 saturated heterocycles. The molecule has 11 heteroatoms. The predicted octanol–water partition coefficient (Wildman–Crippen LogP) is 3.50. The van der Waals surface area contributed by atoms with Gasteiger partial charge in [0.15, 0.2) is 23.0 Å². The number of carbonyl (C=O) groups excluding carboxylic acids is 3. The number of nitrogens with one attached hydrogen (secondary N) is 1. The second-order valence-electron chi connectivity index (χ2n) is 6.73. The number of imide groups is 1. The Morgan fingerprint density at radius 1 is 1.25 bits per heavy atom. The minimum absolute atomic E-state index is 0.0358. The maximum atomic E-state index is 12.7. The van der Waals surface area contributed by atoms with Crippen LogP contribution >= 0.6 is 23.4 Å². The zero-order valence-electron chi connectivity index (χ0n) is 16.7. The van der Waals surface area contributed by atoms with E-state index in [0.717, 1.165) is 4.90 Å². The smallest absolute Gasteiger partial charge is 0.294 e. The highest BCUT2D eigenvalue weighted by atomic mass is 35.5. The summed E-state index contributed by atoms with van der Waals surface area (Å²) in [4.78, 5) is 38.4. The maximum absolute atomic E-state index is 12.7. The van der Waals surface area contributed by atoms with Gasteiger partial charge in [0.05, 0.1) is 17.0 Å². The fraction of sp³-hybridized carbons (Fsp3) is 0.190. The Morgan fingerprint density at radius 2 is 2.00 bits per heavy atom. The van der Waals surface area contributed by atoms with E-state index < -0.39 is 23.6 Å². The van der Waals surface area contributed by atoms with Gasteiger partial charge in [-0.1, -0.05) is 11.6 Å². The molecule has 9 nitrogen and oxygen atoms in total. The average Bonchev–Trinajstić information content (AvgIpc) is 3.03. The van der Waals surface area contributed by atoms with Gasteiger partial charge in [0.2, 0.25) is 5.91 Å². The van der Waals surface area contributed by atoms with E-state index in [1.807, 2.05) is 0 Å². The monoisotopic (exact) mass is 476 g/mol. The van der Waals surface area contributed by atoms with Crippen molar-refractivity contribution < 1.29 is 33.7 Å². The zero-order valence-corrected chi connectivity index (χ0v) is 18.3. The van der Waals surface area contributed by atoms with Gasteiger partial charge in [-0.05, 0) is 47.7 Å². The number of rotatable bonds is 5. The van der Waals surface area contributed by atoms with Crippen LogP contribution in [0.15, 0.2) is 35.2 Å². The molecule has 2 N–H and O–H groups in total. The van der Waals surface area contributed by atoms with Crippen LogP contribution < -0.4 is 19.5 Å². The van der Waals surface area contributed by atoms with E-state index in [-0.39, 0.29) is 21.4 Å². The van der Waals surface area contributed by atoms with Crippen molar-refractivity contribution >= 4 is 52.2 Å². The summed E-state index contributed by atoms with van der Waals surface area (Å²) in [5.74, 6) is -0.167. The van der Waals surface area contributed by atoms with E-state index in [4.69, 9.17) is 25.8 Å². The summed E-state index contributed by atoms with van der Waals surface area (Å²) in [5.41, 5.74) is 0.906. The molecule has 166 valence electrons. The molecule has 0 atom stereocenters. The fourth-order valence-electron chi connectivity index (χ4n) is 3.09. The Bertz CT molecular complexity index is 1150. The molecule has 2 aromatic rings. The Kier molecular flexibility index (Phi) is 6.15. The van der Waals surface area contributed by atoms with Gasteiger partial charge in [0.25, 0.3) is 11.1 Å². The van der Waals surface area contributed by atoms with Crippen LogP contribution in [0.1, 0.15) is 5.56 Å². The third kappa shape index (κ3) is 4.46. The summed E-state index contributed by atoms with van der Waals surface area (Å²) < 4.78 is 16.0. The van der Waals surface area contributed by atoms with Crippen LogP contribution in [0.25, 0.3) is 6.08 Å². The molecule has 2 aliphatic heterocycles. The summed E-state index contributed by atoms with van der Waals surface area (Å²) in [6.07, 6.45) is 1.44. The average molecular weight is 477 g/mol. The van der Waals surface area contributed by atoms with Gasteiger partial charge in [-0.15, -0.1) is 0 Å². The first kappa shape index (κ1) is 21.8. The SMILES string of the molecule is COc1cc(/C=C2\SC(=O)N(CC(=O)Nc3ccc4c(c3)OCCO4)C2=O)cc(Cl)c1O. The fourth-order valence-corrected chi connectivity index (χ4v) is 4.14. The van der Waals surface area contributed by atoms with Crippen LogP contribution in [0.4, 0.5) is 10.5 Å². The van der Waals surface area contributed by atoms with Gasteiger partial charge in [0, 0.05) is 11.8 Å². The van der Waals surface area contributed by atoms with Crippen molar-refractivity contribution in [3.05, 3.63) is 45.8 Å². The van der Waals surface area contributed by atoms with Crippen LogP contribution in [0.5, 0.6) is 23.0 Å². The summed E-state index contributed by atoms with van der Waals surface area (Å²) >= 11 is 6.67. The molecule has 2 heterocycles. The Balaban J connectivity index is 1.46. The molecular weight excluding hydrogens is 460 g/mol. The molecule has 0 bridgehead atoms. The lowest BCUT2D eigenvalue weighted by molar-refractivity contribution is -0.127. The molecule has 0 radical (unpaired) electrons. The van der Waals surface area contributed by atoms with E-state index in [2.05, 4.69) is 5.32 Å². The quantitative estimate of drug-likeness (QED) is 0.630. The first-order chi connectivity index (χ1) is 15.4. The predicted molar refractivity (Wildman–Crippen MR) is 118 cm³/mol. The molecule has 3 amide bonds. The molecule has 0 spiro atoms. The number of aromatic hydroxyl groups is 1. The molecule has 0 unspecified atom stereocenters. The van der Waals surface area contributed by atoms with E-state index in [1.54, 1.807) is 18.2 Å². The molecule has 2 aliphatic rings. The molecule has 4 rings (SSSR count). The number of fused-ring (bicyclic) bond motifs is 1. The maximum Gasteiger partial charge on any atom is 0.294 e. The van der Waals surface area contributed by atoms with Gasteiger partial charge in [0.1, 0.15) is 19.8 Å². The number of carbonyl (C=O) groups is 3. The minimum atomic E-state index is -0.611. The molecule has 1 fully saturated rings. The number of methoxy groups -OCH3 is 1. The van der Waals surface area contributed by atoms with Crippen molar-refractivity contribution in [3.63, 3.8) is 0 Å². The van der Waals surface area contributed by atoms with Gasteiger partial charge in [-0.25, -0.2) is 0 Å². The van der Waals surface area contributed by atoms with Crippen LogP contribution in [-0.4, -0.2) is 53.9 Å². The highest BCUT2D eigenvalue weighted by Crippen LogP contribution is 2.38. The van der Waals surface area contributed by atoms with Crippen LogP contribution in [0.3, 0.4) is 0 Å². The largest absolute Gasteiger partial charge is 0.503 e. The highest BCUT2D eigenvalue weighted by Gasteiger charge is 2.36. The first-order valence-corrected chi connectivity index (χ1v) is 10.6. The second kappa shape index (κ2) is 9.01. The number of ether oxygens (including phenoxy) is 3. The number of anilines is 1. The number of hydrogen-bond acceptors (Lipinski definition) is 8. The summed E-state index contributed by atoms with van der Waals surface area (Å²) in [6, 6.07) is 7.83. The van der Waals surface area contributed by atoms with E-state index >= 15 is 0 Å². The molecule has 32 heavy (non-hydrogen) atoms. The first-order valence-electron chi connectivity index (χ1n) is 9.37. The van der Waals surface area contributed by atoms with Crippen LogP contribution in [0, 0.1) is 0 Å².